The zero-order valence-corrected chi connectivity index (χ0v) is 17.7. The average Bonchev–Trinajstić information content (AvgIpc) is 3.42. The van der Waals surface area contributed by atoms with E-state index in [1.54, 1.807) is 11.3 Å². The zero-order valence-electron chi connectivity index (χ0n) is 16.1. The first-order chi connectivity index (χ1) is 13.7. The van der Waals surface area contributed by atoms with Gasteiger partial charge in [-0.3, -0.25) is 4.79 Å². The molecule has 1 aromatic carbocycles. The van der Waals surface area contributed by atoms with E-state index in [0.717, 1.165) is 57.6 Å². The van der Waals surface area contributed by atoms with Gasteiger partial charge in [0, 0.05) is 5.02 Å². The summed E-state index contributed by atoms with van der Waals surface area (Å²) in [6.07, 6.45) is 4.02. The zero-order chi connectivity index (χ0) is 19.4. The van der Waals surface area contributed by atoms with Gasteiger partial charge in [0.1, 0.15) is 19.1 Å². The van der Waals surface area contributed by atoms with E-state index in [1.807, 2.05) is 24.3 Å². The largest absolute Gasteiger partial charge is 0.370 e. The van der Waals surface area contributed by atoms with Crippen molar-refractivity contribution in [2.45, 2.75) is 37.1 Å². The Hall–Kier alpha value is -1.40. The normalized spacial score (nSPS) is 20.8. The van der Waals surface area contributed by atoms with Gasteiger partial charge in [-0.05, 0) is 42.0 Å². The van der Waals surface area contributed by atoms with Crippen molar-refractivity contribution in [3.8, 4) is 0 Å². The van der Waals surface area contributed by atoms with Crippen molar-refractivity contribution in [3.05, 3.63) is 57.2 Å². The summed E-state index contributed by atoms with van der Waals surface area (Å²) < 4.78 is 5.54. The number of benzene rings is 1. The summed E-state index contributed by atoms with van der Waals surface area (Å²) in [7, 11) is 0. The number of quaternary nitrogens is 1. The summed E-state index contributed by atoms with van der Waals surface area (Å²) in [5.41, 5.74) is 0.684. The van der Waals surface area contributed by atoms with Gasteiger partial charge in [-0.1, -0.05) is 42.6 Å². The Balaban J connectivity index is 1.51. The third kappa shape index (κ3) is 4.13. The second kappa shape index (κ2) is 8.95. The molecule has 2 heterocycles. The molecule has 4 nitrogen and oxygen atoms in total. The van der Waals surface area contributed by atoms with Crippen molar-refractivity contribution in [1.29, 1.82) is 0 Å². The monoisotopic (exact) mass is 419 g/mol. The number of morpholine rings is 1. The molecular weight excluding hydrogens is 392 g/mol. The van der Waals surface area contributed by atoms with Gasteiger partial charge in [-0.2, -0.15) is 0 Å². The Labute approximate surface area is 175 Å². The number of rotatable bonds is 6. The van der Waals surface area contributed by atoms with Crippen molar-refractivity contribution >= 4 is 28.8 Å². The number of ether oxygens (including phenoxy) is 1. The van der Waals surface area contributed by atoms with Crippen LogP contribution >= 0.6 is 22.9 Å². The molecule has 1 amide bonds. The molecule has 1 aliphatic heterocycles. The maximum atomic E-state index is 13.4. The smallest absolute Gasteiger partial charge is 0.230 e. The predicted molar refractivity (Wildman–Crippen MR) is 113 cm³/mol. The number of thiophene rings is 1. The van der Waals surface area contributed by atoms with Crippen LogP contribution in [-0.4, -0.2) is 38.8 Å². The fourth-order valence-electron chi connectivity index (χ4n) is 4.68. The maximum Gasteiger partial charge on any atom is 0.230 e. The van der Waals surface area contributed by atoms with Crippen LogP contribution in [0.1, 0.15) is 42.2 Å². The van der Waals surface area contributed by atoms with Crippen LogP contribution in [0.25, 0.3) is 0 Å². The van der Waals surface area contributed by atoms with E-state index in [2.05, 4.69) is 22.8 Å². The summed E-state index contributed by atoms with van der Waals surface area (Å²) in [4.78, 5) is 16.3. The van der Waals surface area contributed by atoms with Crippen LogP contribution in [0.15, 0.2) is 41.8 Å². The number of carbonyl (C=O) groups is 1. The van der Waals surface area contributed by atoms with E-state index < -0.39 is 5.41 Å². The Morgan fingerprint density at radius 1 is 1.18 bits per heavy atom. The van der Waals surface area contributed by atoms with Crippen molar-refractivity contribution in [2.75, 3.05) is 32.8 Å². The highest BCUT2D eigenvalue weighted by Gasteiger charge is 2.43. The fraction of sp³-hybridized carbons (Fsp3) is 0.500. The van der Waals surface area contributed by atoms with Gasteiger partial charge in [0.15, 0.2) is 0 Å². The van der Waals surface area contributed by atoms with E-state index in [4.69, 9.17) is 16.3 Å². The standard InChI is InChI=1S/C22H27ClN2O2S/c23-18-7-5-17(6-8-18)22(9-1-2-10-22)21(26)24-16-19(20-4-3-15-28-20)25-11-13-27-14-12-25/h3-8,15,19H,1-2,9-14,16H2,(H,24,26)/p+1/t19-/m1/s1. The second-order valence-electron chi connectivity index (χ2n) is 7.84. The SMILES string of the molecule is O=C(NC[C@H](c1cccs1)[NH+]1CCOCC1)C1(c2ccc(Cl)cc2)CCCC1. The highest BCUT2D eigenvalue weighted by atomic mass is 35.5. The van der Waals surface area contributed by atoms with Crippen LogP contribution < -0.4 is 10.2 Å². The van der Waals surface area contributed by atoms with E-state index in [0.29, 0.717) is 11.6 Å². The molecule has 0 unspecified atom stereocenters. The molecule has 2 N–H and O–H groups in total. The van der Waals surface area contributed by atoms with Gasteiger partial charge in [-0.25, -0.2) is 0 Å². The number of halogens is 1. The minimum absolute atomic E-state index is 0.168. The molecule has 150 valence electrons. The molecule has 2 fully saturated rings. The van der Waals surface area contributed by atoms with Crippen LogP contribution in [0.5, 0.6) is 0 Å². The molecule has 4 rings (SSSR count). The minimum Gasteiger partial charge on any atom is -0.370 e. The van der Waals surface area contributed by atoms with E-state index >= 15 is 0 Å². The highest BCUT2D eigenvalue weighted by Crippen LogP contribution is 2.41. The molecular formula is C22H28ClN2O2S+. The first kappa shape index (κ1) is 19.9. The first-order valence-electron chi connectivity index (χ1n) is 10.2. The number of carbonyl (C=O) groups excluding carboxylic acids is 1. The van der Waals surface area contributed by atoms with E-state index in [9.17, 15) is 4.79 Å². The van der Waals surface area contributed by atoms with Gasteiger partial charge >= 0.3 is 0 Å². The first-order valence-corrected chi connectivity index (χ1v) is 11.4. The molecule has 2 aromatic rings. The van der Waals surface area contributed by atoms with Crippen LogP contribution in [0.4, 0.5) is 0 Å². The lowest BCUT2D eigenvalue weighted by atomic mass is 9.78. The maximum absolute atomic E-state index is 13.4. The van der Waals surface area contributed by atoms with Crippen LogP contribution in [0.3, 0.4) is 0 Å². The Morgan fingerprint density at radius 2 is 1.89 bits per heavy atom. The quantitative estimate of drug-likeness (QED) is 0.755. The lowest BCUT2D eigenvalue weighted by Gasteiger charge is -2.33. The molecule has 6 heteroatoms. The van der Waals surface area contributed by atoms with E-state index in [1.165, 1.54) is 9.78 Å². The highest BCUT2D eigenvalue weighted by molar-refractivity contribution is 7.10. The Morgan fingerprint density at radius 3 is 2.54 bits per heavy atom. The van der Waals surface area contributed by atoms with Gasteiger partial charge in [0.25, 0.3) is 0 Å². The predicted octanol–water partition coefficient (Wildman–Crippen LogP) is 2.99. The molecule has 1 saturated heterocycles. The lowest BCUT2D eigenvalue weighted by Crippen LogP contribution is -3.15. The molecule has 0 spiro atoms. The van der Waals surface area contributed by atoms with Gasteiger partial charge in [0.05, 0.1) is 30.1 Å². The summed E-state index contributed by atoms with van der Waals surface area (Å²) in [5.74, 6) is 0.168. The van der Waals surface area contributed by atoms with Crippen LogP contribution in [-0.2, 0) is 14.9 Å². The molecule has 1 saturated carbocycles. The fourth-order valence-corrected chi connectivity index (χ4v) is 5.69. The molecule has 28 heavy (non-hydrogen) atoms. The summed E-state index contributed by atoms with van der Waals surface area (Å²) in [5, 5.41) is 6.17. The molecule has 1 aromatic heterocycles. The second-order valence-corrected chi connectivity index (χ2v) is 9.26. The van der Waals surface area contributed by atoms with Crippen molar-refractivity contribution < 1.29 is 14.4 Å². The van der Waals surface area contributed by atoms with Gasteiger partial charge in [-0.15, -0.1) is 11.3 Å². The molecule has 2 aliphatic rings. The number of hydrogen-bond donors (Lipinski definition) is 2. The number of nitrogens with one attached hydrogen (secondary N) is 2. The third-order valence-corrected chi connectivity index (χ3v) is 7.51. The van der Waals surface area contributed by atoms with Gasteiger partial charge < -0.3 is 15.0 Å². The van der Waals surface area contributed by atoms with Crippen molar-refractivity contribution in [2.24, 2.45) is 0 Å². The Kier molecular flexibility index (Phi) is 6.36. The number of hydrogen-bond acceptors (Lipinski definition) is 3. The van der Waals surface area contributed by atoms with E-state index in [-0.39, 0.29) is 11.9 Å². The third-order valence-electron chi connectivity index (χ3n) is 6.27. The molecule has 1 aliphatic carbocycles. The van der Waals surface area contributed by atoms with Gasteiger partial charge in [0.2, 0.25) is 5.91 Å². The lowest BCUT2D eigenvalue weighted by molar-refractivity contribution is -0.937. The van der Waals surface area contributed by atoms with Crippen molar-refractivity contribution in [1.82, 2.24) is 5.32 Å². The summed E-state index contributed by atoms with van der Waals surface area (Å²) in [6.45, 7) is 4.23. The average molecular weight is 420 g/mol. The summed E-state index contributed by atoms with van der Waals surface area (Å²) in [6, 6.07) is 12.4. The molecule has 0 bridgehead atoms. The Bertz CT molecular complexity index is 766. The molecule has 0 radical (unpaired) electrons. The number of amides is 1. The van der Waals surface area contributed by atoms with Crippen molar-refractivity contribution in [3.63, 3.8) is 0 Å². The molecule has 1 atom stereocenters. The van der Waals surface area contributed by atoms with Crippen LogP contribution in [0, 0.1) is 0 Å². The minimum atomic E-state index is -0.412. The summed E-state index contributed by atoms with van der Waals surface area (Å²) >= 11 is 7.85. The topological polar surface area (TPSA) is 42.8 Å². The van der Waals surface area contributed by atoms with Crippen LogP contribution in [0.2, 0.25) is 5.02 Å².